The van der Waals surface area contributed by atoms with Gasteiger partial charge in [0.2, 0.25) is 5.91 Å². The van der Waals surface area contributed by atoms with Gasteiger partial charge < -0.3 is 5.32 Å². The van der Waals surface area contributed by atoms with Gasteiger partial charge in [0.25, 0.3) is 0 Å². The highest BCUT2D eigenvalue weighted by atomic mass is 32.2. The summed E-state index contributed by atoms with van der Waals surface area (Å²) in [5, 5.41) is 6.43. The highest BCUT2D eigenvalue weighted by Crippen LogP contribution is 1.98. The number of nitrogens with one attached hydrogen (secondary N) is 1. The molecule has 0 saturated carbocycles. The van der Waals surface area contributed by atoms with Crippen LogP contribution in [0, 0.1) is 0 Å². The van der Waals surface area contributed by atoms with E-state index in [-0.39, 0.29) is 18.2 Å². The summed E-state index contributed by atoms with van der Waals surface area (Å²) in [5.41, 5.74) is 0.811. The van der Waals surface area contributed by atoms with E-state index in [2.05, 4.69) is 10.4 Å². The van der Waals surface area contributed by atoms with Crippen LogP contribution in [0.1, 0.15) is 5.56 Å². The van der Waals surface area contributed by atoms with Gasteiger partial charge in [-0.15, -0.1) is 0 Å². The zero-order valence-electron chi connectivity index (χ0n) is 9.75. The molecule has 17 heavy (non-hydrogen) atoms. The van der Waals surface area contributed by atoms with Crippen LogP contribution in [0.4, 0.5) is 0 Å². The summed E-state index contributed by atoms with van der Waals surface area (Å²) in [6, 6.07) is 0. The maximum absolute atomic E-state index is 11.3. The molecule has 1 aromatic heterocycles. The Hall–Kier alpha value is -1.63. The third-order valence-electron chi connectivity index (χ3n) is 1.92. The summed E-state index contributed by atoms with van der Waals surface area (Å²) < 4.78 is 23.3. The van der Waals surface area contributed by atoms with Gasteiger partial charge in [0.05, 0.1) is 11.9 Å². The summed E-state index contributed by atoms with van der Waals surface area (Å²) in [6.45, 7) is 0.120. The summed E-state index contributed by atoms with van der Waals surface area (Å²) >= 11 is 0. The van der Waals surface area contributed by atoms with Crippen LogP contribution in [0.3, 0.4) is 0 Å². The summed E-state index contributed by atoms with van der Waals surface area (Å²) in [6.07, 6.45) is 7.48. The van der Waals surface area contributed by atoms with Gasteiger partial charge in [0, 0.05) is 37.7 Å². The first-order chi connectivity index (χ1) is 7.87. The summed E-state index contributed by atoms with van der Waals surface area (Å²) in [7, 11) is -1.25. The number of hydrogen-bond donors (Lipinski definition) is 1. The van der Waals surface area contributed by atoms with Crippen LogP contribution in [0.5, 0.6) is 0 Å². The van der Waals surface area contributed by atoms with Crippen LogP contribution in [0.15, 0.2) is 18.5 Å². The normalized spacial score (nSPS) is 11.9. The molecule has 94 valence electrons. The van der Waals surface area contributed by atoms with Crippen LogP contribution >= 0.6 is 0 Å². The van der Waals surface area contributed by atoms with Crippen LogP contribution in [-0.4, -0.2) is 42.7 Å². The predicted octanol–water partition coefficient (Wildman–Crippen LogP) is -0.406. The van der Waals surface area contributed by atoms with Gasteiger partial charge in [-0.1, -0.05) is 0 Å². The molecule has 0 aliphatic rings. The molecule has 0 saturated heterocycles. The van der Waals surface area contributed by atoms with E-state index in [1.54, 1.807) is 30.2 Å². The smallest absolute Gasteiger partial charge is 0.244 e. The summed E-state index contributed by atoms with van der Waals surface area (Å²) in [4.78, 5) is 11.3. The second-order valence-electron chi connectivity index (χ2n) is 3.70. The predicted molar refractivity (Wildman–Crippen MR) is 65.0 cm³/mol. The van der Waals surface area contributed by atoms with Crippen molar-refractivity contribution in [3.05, 3.63) is 24.0 Å². The lowest BCUT2D eigenvalue weighted by molar-refractivity contribution is -0.116. The number of carbonyl (C=O) groups is 1. The van der Waals surface area contributed by atoms with Crippen molar-refractivity contribution in [1.82, 2.24) is 15.1 Å². The molecular formula is C10H15N3O3S. The highest BCUT2D eigenvalue weighted by molar-refractivity contribution is 7.90. The van der Waals surface area contributed by atoms with Gasteiger partial charge in [-0.25, -0.2) is 8.42 Å². The molecule has 1 heterocycles. The molecule has 1 N–H and O–H groups in total. The Morgan fingerprint density at radius 2 is 2.29 bits per heavy atom. The number of amides is 1. The molecule has 6 nitrogen and oxygen atoms in total. The lowest BCUT2D eigenvalue weighted by atomic mass is 10.3. The van der Waals surface area contributed by atoms with Crippen molar-refractivity contribution in [2.24, 2.45) is 7.05 Å². The first-order valence-electron chi connectivity index (χ1n) is 4.99. The molecular weight excluding hydrogens is 242 g/mol. The molecule has 0 atom stereocenters. The number of sulfone groups is 1. The van der Waals surface area contributed by atoms with Crippen molar-refractivity contribution in [2.75, 3.05) is 18.6 Å². The fourth-order valence-electron chi connectivity index (χ4n) is 1.12. The standard InChI is InChI=1S/C10H15N3O3S/c1-13-8-9(7-12-13)3-4-10(14)11-5-6-17(2,15)16/h3-4,7-8H,5-6H2,1-2H3,(H,11,14)/b4-3+. The lowest BCUT2D eigenvalue weighted by Crippen LogP contribution is -2.27. The van der Waals surface area contributed by atoms with E-state index in [0.717, 1.165) is 11.8 Å². The van der Waals surface area contributed by atoms with Crippen LogP contribution in [-0.2, 0) is 21.7 Å². The van der Waals surface area contributed by atoms with E-state index in [9.17, 15) is 13.2 Å². The van der Waals surface area contributed by atoms with E-state index in [1.165, 1.54) is 6.08 Å². The molecule has 0 aliphatic heterocycles. The minimum absolute atomic E-state index is 0.0561. The maximum atomic E-state index is 11.3. The molecule has 0 fully saturated rings. The van der Waals surface area contributed by atoms with Gasteiger partial charge in [-0.2, -0.15) is 5.10 Å². The number of aryl methyl sites for hydroxylation is 1. The SMILES string of the molecule is Cn1cc(/C=C/C(=O)NCCS(C)(=O)=O)cn1. The molecule has 0 aromatic carbocycles. The van der Waals surface area contributed by atoms with Crippen molar-refractivity contribution in [3.63, 3.8) is 0 Å². The molecule has 1 rings (SSSR count). The van der Waals surface area contributed by atoms with Crippen molar-refractivity contribution >= 4 is 21.8 Å². The Morgan fingerprint density at radius 3 is 2.82 bits per heavy atom. The fraction of sp³-hybridized carbons (Fsp3) is 0.400. The second-order valence-corrected chi connectivity index (χ2v) is 5.96. The first kappa shape index (κ1) is 13.4. The Bertz CT molecular complexity index is 517. The molecule has 1 amide bonds. The molecule has 0 radical (unpaired) electrons. The van der Waals surface area contributed by atoms with Gasteiger partial charge in [0.15, 0.2) is 0 Å². The van der Waals surface area contributed by atoms with Gasteiger partial charge in [-0.05, 0) is 6.08 Å². The van der Waals surface area contributed by atoms with E-state index >= 15 is 0 Å². The number of hydrogen-bond acceptors (Lipinski definition) is 4. The minimum atomic E-state index is -3.04. The Labute approximate surface area is 100 Å². The Balaban J connectivity index is 2.37. The number of nitrogens with zero attached hydrogens (tertiary/aromatic N) is 2. The van der Waals surface area contributed by atoms with Crippen molar-refractivity contribution in [3.8, 4) is 0 Å². The zero-order valence-corrected chi connectivity index (χ0v) is 10.6. The number of rotatable bonds is 5. The topological polar surface area (TPSA) is 81.1 Å². The second kappa shape index (κ2) is 5.62. The number of carbonyl (C=O) groups excluding carboxylic acids is 1. The quantitative estimate of drug-likeness (QED) is 0.727. The molecule has 1 aromatic rings. The molecule has 7 heteroatoms. The van der Waals surface area contributed by atoms with Crippen LogP contribution < -0.4 is 5.32 Å². The average molecular weight is 257 g/mol. The Kier molecular flexibility index (Phi) is 4.45. The van der Waals surface area contributed by atoms with Gasteiger partial charge in [0.1, 0.15) is 9.84 Å². The van der Waals surface area contributed by atoms with E-state index in [1.807, 2.05) is 0 Å². The van der Waals surface area contributed by atoms with Crippen molar-refractivity contribution in [1.29, 1.82) is 0 Å². The maximum Gasteiger partial charge on any atom is 0.244 e. The third kappa shape index (κ3) is 5.86. The molecule has 0 bridgehead atoms. The Morgan fingerprint density at radius 1 is 1.59 bits per heavy atom. The lowest BCUT2D eigenvalue weighted by Gasteiger charge is -1.99. The molecule has 0 spiro atoms. The van der Waals surface area contributed by atoms with Crippen molar-refractivity contribution in [2.45, 2.75) is 0 Å². The highest BCUT2D eigenvalue weighted by Gasteiger charge is 2.02. The average Bonchev–Trinajstić information content (AvgIpc) is 2.59. The van der Waals surface area contributed by atoms with E-state index in [0.29, 0.717) is 0 Å². The van der Waals surface area contributed by atoms with Crippen LogP contribution in [0.25, 0.3) is 6.08 Å². The largest absolute Gasteiger partial charge is 0.352 e. The van der Waals surface area contributed by atoms with E-state index < -0.39 is 9.84 Å². The minimum Gasteiger partial charge on any atom is -0.352 e. The van der Waals surface area contributed by atoms with Crippen LogP contribution in [0.2, 0.25) is 0 Å². The van der Waals surface area contributed by atoms with Gasteiger partial charge >= 0.3 is 0 Å². The summed E-state index contributed by atoms with van der Waals surface area (Å²) in [5.74, 6) is -0.378. The molecule has 0 aliphatic carbocycles. The fourth-order valence-corrected chi connectivity index (χ4v) is 1.59. The molecule has 0 unspecified atom stereocenters. The van der Waals surface area contributed by atoms with Gasteiger partial charge in [-0.3, -0.25) is 9.48 Å². The third-order valence-corrected chi connectivity index (χ3v) is 2.87. The zero-order chi connectivity index (χ0) is 12.9. The first-order valence-corrected chi connectivity index (χ1v) is 7.05. The number of aromatic nitrogens is 2. The monoisotopic (exact) mass is 257 g/mol. The van der Waals surface area contributed by atoms with Crippen molar-refractivity contribution < 1.29 is 13.2 Å². The van der Waals surface area contributed by atoms with E-state index in [4.69, 9.17) is 0 Å².